The van der Waals surface area contributed by atoms with Crippen molar-refractivity contribution in [1.82, 2.24) is 0 Å². The van der Waals surface area contributed by atoms with E-state index in [1.165, 1.54) is 0 Å². The van der Waals surface area contributed by atoms with Crippen molar-refractivity contribution in [2.75, 3.05) is 0 Å². The molecule has 0 unspecified atom stereocenters. The van der Waals surface area contributed by atoms with Gasteiger partial charge in [0.25, 0.3) is 0 Å². The molecule has 4 rings (SSSR count). The maximum Gasteiger partial charge on any atom is 0.134 e. The van der Waals surface area contributed by atoms with Crippen LogP contribution >= 0.6 is 0 Å². The van der Waals surface area contributed by atoms with Crippen molar-refractivity contribution < 1.29 is 8.83 Å². The Kier molecular flexibility index (Phi) is 4.23. The topological polar surface area (TPSA) is 51.0 Å². The van der Waals surface area contributed by atoms with E-state index in [0.717, 1.165) is 45.1 Å². The Hall–Kier alpha value is -3.40. The molecule has 0 saturated carbocycles. The quantitative estimate of drug-likeness (QED) is 0.367. The third kappa shape index (κ3) is 3.22. The van der Waals surface area contributed by atoms with Gasteiger partial charge < -0.3 is 8.83 Å². The van der Waals surface area contributed by atoms with Gasteiger partial charge in [0.2, 0.25) is 0 Å². The highest BCUT2D eigenvalue weighted by atomic mass is 16.3. The average molecular weight is 342 g/mol. The summed E-state index contributed by atoms with van der Waals surface area (Å²) < 4.78 is 10.9. The highest BCUT2D eigenvalue weighted by Gasteiger charge is 2.06. The Morgan fingerprint density at radius 1 is 0.615 bits per heavy atom. The Labute approximate surface area is 151 Å². The summed E-state index contributed by atoms with van der Waals surface area (Å²) in [4.78, 5) is 0. The van der Waals surface area contributed by atoms with Gasteiger partial charge in [-0.1, -0.05) is 0 Å². The molecule has 0 spiro atoms. The fourth-order valence-electron chi connectivity index (χ4n) is 2.95. The summed E-state index contributed by atoms with van der Waals surface area (Å²) in [6.45, 7) is 4.08. The van der Waals surface area contributed by atoms with Gasteiger partial charge in [-0.2, -0.15) is 10.2 Å². The molecule has 4 nitrogen and oxygen atoms in total. The summed E-state index contributed by atoms with van der Waals surface area (Å²) in [6.07, 6.45) is 3.36. The molecule has 2 heterocycles. The van der Waals surface area contributed by atoms with Crippen LogP contribution in [-0.2, 0) is 0 Å². The van der Waals surface area contributed by atoms with Crippen molar-refractivity contribution >= 4 is 11.4 Å². The van der Waals surface area contributed by atoms with E-state index in [0.29, 0.717) is 0 Å². The first-order valence-electron chi connectivity index (χ1n) is 8.41. The third-order valence-electron chi connectivity index (χ3n) is 4.27. The Balaban J connectivity index is 1.57. The lowest BCUT2D eigenvalue weighted by Crippen LogP contribution is -1.81. The molecule has 26 heavy (non-hydrogen) atoms. The van der Waals surface area contributed by atoms with Crippen molar-refractivity contribution in [1.29, 1.82) is 0 Å². The molecule has 0 saturated heterocycles. The van der Waals surface area contributed by atoms with Gasteiger partial charge in [-0.3, -0.25) is 0 Å². The van der Waals surface area contributed by atoms with Gasteiger partial charge in [0.1, 0.15) is 11.5 Å². The molecule has 4 aromatic rings. The average Bonchev–Trinajstić information content (AvgIpc) is 3.34. The predicted octanol–water partition coefficient (Wildman–Crippen LogP) is 7.24. The summed E-state index contributed by atoms with van der Waals surface area (Å²) in [5, 5.41) is 8.73. The molecule has 0 radical (unpaired) electrons. The number of hydrogen-bond donors (Lipinski definition) is 0. The van der Waals surface area contributed by atoms with Crippen LogP contribution in [0, 0.1) is 13.8 Å². The second-order valence-corrected chi connectivity index (χ2v) is 6.15. The minimum Gasteiger partial charge on any atom is -0.464 e. The number of benzene rings is 2. The largest absolute Gasteiger partial charge is 0.464 e. The first kappa shape index (κ1) is 16.1. The molecule has 0 atom stereocenters. The van der Waals surface area contributed by atoms with Crippen LogP contribution in [0.15, 0.2) is 92.3 Å². The molecule has 0 N–H and O–H groups in total. The van der Waals surface area contributed by atoms with Gasteiger partial charge in [0, 0.05) is 11.1 Å². The zero-order chi connectivity index (χ0) is 17.9. The predicted molar refractivity (Wildman–Crippen MR) is 102 cm³/mol. The summed E-state index contributed by atoms with van der Waals surface area (Å²) in [5.41, 5.74) is 5.94. The number of furan rings is 2. The van der Waals surface area contributed by atoms with Crippen LogP contribution in [0.25, 0.3) is 22.6 Å². The minimum atomic E-state index is 0.811. The van der Waals surface area contributed by atoms with Gasteiger partial charge >= 0.3 is 0 Å². The first-order chi connectivity index (χ1) is 12.7. The maximum absolute atomic E-state index is 5.46. The smallest absolute Gasteiger partial charge is 0.134 e. The standard InChI is InChI=1S/C22H18N2O2/c1-15-13-17(7-9-19(15)21-5-3-11-25-21)23-24-18-8-10-20(16(2)14-18)22-6-4-12-26-22/h3-14H,1-2H3. The fraction of sp³-hybridized carbons (Fsp3) is 0.0909. The molecule has 2 aromatic heterocycles. The molecule has 0 bridgehead atoms. The third-order valence-corrected chi connectivity index (χ3v) is 4.27. The van der Waals surface area contributed by atoms with E-state index in [4.69, 9.17) is 8.83 Å². The fourth-order valence-corrected chi connectivity index (χ4v) is 2.95. The van der Waals surface area contributed by atoms with E-state index < -0.39 is 0 Å². The summed E-state index contributed by atoms with van der Waals surface area (Å²) >= 11 is 0. The Bertz CT molecular complexity index is 960. The van der Waals surface area contributed by atoms with Crippen LogP contribution in [0.1, 0.15) is 11.1 Å². The van der Waals surface area contributed by atoms with Crippen LogP contribution in [0.3, 0.4) is 0 Å². The number of azo groups is 1. The molecule has 2 aromatic carbocycles. The van der Waals surface area contributed by atoms with E-state index in [2.05, 4.69) is 10.2 Å². The zero-order valence-corrected chi connectivity index (χ0v) is 14.6. The summed E-state index contributed by atoms with van der Waals surface area (Å²) in [5.74, 6) is 1.71. The van der Waals surface area contributed by atoms with Crippen molar-refractivity contribution in [3.63, 3.8) is 0 Å². The minimum absolute atomic E-state index is 0.811. The lowest BCUT2D eigenvalue weighted by Gasteiger charge is -2.04. The van der Waals surface area contributed by atoms with E-state index in [9.17, 15) is 0 Å². The van der Waals surface area contributed by atoms with Gasteiger partial charge in [-0.15, -0.1) is 0 Å². The molecule has 0 aliphatic carbocycles. The number of hydrogen-bond acceptors (Lipinski definition) is 4. The Morgan fingerprint density at radius 3 is 1.42 bits per heavy atom. The molecule has 4 heteroatoms. The molecule has 0 aliphatic heterocycles. The zero-order valence-electron chi connectivity index (χ0n) is 14.6. The first-order valence-corrected chi connectivity index (χ1v) is 8.41. The lowest BCUT2D eigenvalue weighted by molar-refractivity contribution is 0.581. The molecule has 0 aliphatic rings. The number of aryl methyl sites for hydroxylation is 2. The van der Waals surface area contributed by atoms with Crippen LogP contribution in [0.4, 0.5) is 11.4 Å². The van der Waals surface area contributed by atoms with E-state index in [1.54, 1.807) is 12.5 Å². The van der Waals surface area contributed by atoms with E-state index in [1.807, 2.05) is 74.5 Å². The number of nitrogens with zero attached hydrogens (tertiary/aromatic N) is 2. The van der Waals surface area contributed by atoms with Gasteiger partial charge in [-0.05, 0) is 85.6 Å². The second-order valence-electron chi connectivity index (χ2n) is 6.15. The summed E-state index contributed by atoms with van der Waals surface area (Å²) in [7, 11) is 0. The van der Waals surface area contributed by atoms with Gasteiger partial charge in [-0.25, -0.2) is 0 Å². The van der Waals surface area contributed by atoms with Gasteiger partial charge in [0.15, 0.2) is 0 Å². The molecule has 0 fully saturated rings. The molecular weight excluding hydrogens is 324 g/mol. The number of rotatable bonds is 4. The second kappa shape index (κ2) is 6.84. The molecular formula is C22H18N2O2. The maximum atomic E-state index is 5.46. The van der Waals surface area contributed by atoms with Crippen molar-refractivity contribution in [3.05, 3.63) is 84.3 Å². The Morgan fingerprint density at radius 2 is 1.08 bits per heavy atom. The van der Waals surface area contributed by atoms with Crippen LogP contribution in [-0.4, -0.2) is 0 Å². The van der Waals surface area contributed by atoms with E-state index in [-0.39, 0.29) is 0 Å². The lowest BCUT2D eigenvalue weighted by atomic mass is 10.1. The van der Waals surface area contributed by atoms with Crippen molar-refractivity contribution in [3.8, 4) is 22.6 Å². The molecule has 0 amide bonds. The van der Waals surface area contributed by atoms with E-state index >= 15 is 0 Å². The van der Waals surface area contributed by atoms with Crippen molar-refractivity contribution in [2.45, 2.75) is 13.8 Å². The van der Waals surface area contributed by atoms with Crippen LogP contribution in [0.5, 0.6) is 0 Å². The summed E-state index contributed by atoms with van der Waals surface area (Å²) in [6, 6.07) is 19.6. The molecule has 128 valence electrons. The van der Waals surface area contributed by atoms with Gasteiger partial charge in [0.05, 0.1) is 23.9 Å². The SMILES string of the molecule is Cc1cc(N=Nc2ccc(-c3ccco3)c(C)c2)ccc1-c1ccco1. The van der Waals surface area contributed by atoms with Crippen LogP contribution in [0.2, 0.25) is 0 Å². The monoisotopic (exact) mass is 342 g/mol. The van der Waals surface area contributed by atoms with Crippen LogP contribution < -0.4 is 0 Å². The highest BCUT2D eigenvalue weighted by molar-refractivity contribution is 5.66. The van der Waals surface area contributed by atoms with Crippen molar-refractivity contribution in [2.24, 2.45) is 10.2 Å². The normalized spacial score (nSPS) is 11.3. The highest BCUT2D eigenvalue weighted by Crippen LogP contribution is 2.30.